The van der Waals surface area contributed by atoms with Crippen LogP contribution >= 0.6 is 0 Å². The lowest BCUT2D eigenvalue weighted by Gasteiger charge is -2.20. The van der Waals surface area contributed by atoms with E-state index in [2.05, 4.69) is 5.32 Å². The van der Waals surface area contributed by atoms with Crippen LogP contribution in [0.25, 0.3) is 0 Å². The molecule has 1 N–H and O–H groups in total. The van der Waals surface area contributed by atoms with Crippen molar-refractivity contribution in [1.29, 1.82) is 0 Å². The third-order valence-electron chi connectivity index (χ3n) is 4.63. The first-order valence-electron chi connectivity index (χ1n) is 9.42. The maximum absolute atomic E-state index is 12.7. The van der Waals surface area contributed by atoms with Crippen molar-refractivity contribution >= 4 is 22.4 Å². The summed E-state index contributed by atoms with van der Waals surface area (Å²) in [5.74, 6) is 1.40. The van der Waals surface area contributed by atoms with Gasteiger partial charge in [0.1, 0.15) is 13.2 Å². The van der Waals surface area contributed by atoms with E-state index in [0.29, 0.717) is 36.2 Å². The van der Waals surface area contributed by atoms with Crippen LogP contribution in [-0.2, 0) is 21.3 Å². The smallest absolute Gasteiger partial charge is 0.231 e. The Labute approximate surface area is 168 Å². The minimum absolute atomic E-state index is 0.106. The fourth-order valence-electron chi connectivity index (χ4n) is 2.84. The van der Waals surface area contributed by atoms with Crippen LogP contribution in [0, 0.1) is 0 Å². The van der Waals surface area contributed by atoms with Crippen LogP contribution in [0.2, 0.25) is 0 Å². The van der Waals surface area contributed by atoms with Crippen molar-refractivity contribution in [3.8, 4) is 11.5 Å². The van der Waals surface area contributed by atoms with Crippen molar-refractivity contribution < 1.29 is 18.5 Å². The number of ether oxygens (including phenoxy) is 2. The molecule has 0 fully saturated rings. The molecule has 0 aromatic heterocycles. The Morgan fingerprint density at radius 1 is 1.11 bits per heavy atom. The summed E-state index contributed by atoms with van der Waals surface area (Å²) in [6.07, 6.45) is 0. The van der Waals surface area contributed by atoms with Crippen LogP contribution in [0.15, 0.2) is 42.5 Å². The second-order valence-electron chi connectivity index (χ2n) is 7.92. The Kier molecular flexibility index (Phi) is 6.08. The van der Waals surface area contributed by atoms with E-state index in [1.165, 1.54) is 0 Å². The highest BCUT2D eigenvalue weighted by molar-refractivity contribution is 7.85. The Hall–Kier alpha value is -2.34. The summed E-state index contributed by atoms with van der Waals surface area (Å²) >= 11 is 0. The minimum atomic E-state index is -0.988. The molecule has 0 saturated carbocycles. The highest BCUT2D eigenvalue weighted by Gasteiger charge is 2.21. The van der Waals surface area contributed by atoms with Crippen molar-refractivity contribution in [3.63, 3.8) is 0 Å². The van der Waals surface area contributed by atoms with E-state index < -0.39 is 10.8 Å². The Bertz CT molecular complexity index is 888. The van der Waals surface area contributed by atoms with Crippen LogP contribution in [0.1, 0.15) is 44.7 Å². The summed E-state index contributed by atoms with van der Waals surface area (Å²) in [4.78, 5) is 12.7. The Balaban J connectivity index is 1.69. The Morgan fingerprint density at radius 3 is 2.54 bits per heavy atom. The number of carbonyl (C=O) groups is 1. The lowest BCUT2D eigenvalue weighted by molar-refractivity contribution is -0.117. The zero-order valence-electron chi connectivity index (χ0n) is 16.8. The molecule has 1 heterocycles. The molecule has 150 valence electrons. The van der Waals surface area contributed by atoms with Gasteiger partial charge in [0.15, 0.2) is 11.5 Å². The van der Waals surface area contributed by atoms with Crippen LogP contribution in [0.5, 0.6) is 11.5 Å². The van der Waals surface area contributed by atoms with E-state index >= 15 is 0 Å². The fourth-order valence-corrected chi connectivity index (χ4v) is 3.75. The second kappa shape index (κ2) is 8.35. The van der Waals surface area contributed by atoms with Crippen molar-refractivity contribution in [2.24, 2.45) is 0 Å². The summed E-state index contributed by atoms with van der Waals surface area (Å²) in [6, 6.07) is 13.1. The first-order chi connectivity index (χ1) is 13.2. The average Bonchev–Trinajstić information content (AvgIpc) is 2.66. The highest BCUT2D eigenvalue weighted by atomic mass is 32.2. The number of rotatable bonds is 5. The molecule has 2 aromatic carbocycles. The predicted molar refractivity (Wildman–Crippen MR) is 113 cm³/mol. The topological polar surface area (TPSA) is 64.6 Å². The molecule has 2 atom stereocenters. The molecule has 28 heavy (non-hydrogen) atoms. The van der Waals surface area contributed by atoms with Crippen LogP contribution in [0.3, 0.4) is 0 Å². The molecule has 6 heteroatoms. The molecule has 0 spiro atoms. The molecule has 0 aliphatic carbocycles. The van der Waals surface area contributed by atoms with Gasteiger partial charge in [-0.05, 0) is 63.1 Å². The summed E-state index contributed by atoms with van der Waals surface area (Å²) < 4.78 is 23.2. The van der Waals surface area contributed by atoms with E-state index in [-0.39, 0.29) is 16.6 Å². The molecule has 1 aliphatic rings. The quantitative estimate of drug-likeness (QED) is 0.814. The van der Waals surface area contributed by atoms with Gasteiger partial charge in [0.2, 0.25) is 5.91 Å². The maximum Gasteiger partial charge on any atom is 0.231 e. The largest absolute Gasteiger partial charge is 0.486 e. The van der Waals surface area contributed by atoms with Gasteiger partial charge in [-0.2, -0.15) is 0 Å². The predicted octanol–water partition coefficient (Wildman–Crippen LogP) is 4.25. The first kappa shape index (κ1) is 20.4. The number of fused-ring (bicyclic) bond motifs is 1. The van der Waals surface area contributed by atoms with E-state index in [1.807, 2.05) is 70.2 Å². The molecule has 0 bridgehead atoms. The molecule has 3 rings (SSSR count). The van der Waals surface area contributed by atoms with Crippen LogP contribution in [0.4, 0.5) is 5.69 Å². The number of anilines is 1. The lowest BCUT2D eigenvalue weighted by Crippen LogP contribution is -2.23. The molecular weight excluding hydrogens is 374 g/mol. The van der Waals surface area contributed by atoms with Crippen molar-refractivity contribution in [2.45, 2.75) is 44.1 Å². The van der Waals surface area contributed by atoms with E-state index in [9.17, 15) is 9.00 Å². The molecule has 2 unspecified atom stereocenters. The number of nitrogens with one attached hydrogen (secondary N) is 1. The van der Waals surface area contributed by atoms with Gasteiger partial charge in [-0.3, -0.25) is 9.00 Å². The van der Waals surface area contributed by atoms with Gasteiger partial charge in [-0.15, -0.1) is 0 Å². The molecule has 1 amide bonds. The average molecular weight is 402 g/mol. The third-order valence-corrected chi connectivity index (χ3v) is 6.60. The molecule has 2 aromatic rings. The monoisotopic (exact) mass is 401 g/mol. The van der Waals surface area contributed by atoms with E-state index in [1.54, 1.807) is 0 Å². The van der Waals surface area contributed by atoms with Gasteiger partial charge in [0.25, 0.3) is 0 Å². The normalized spacial score (nSPS) is 15.6. The maximum atomic E-state index is 12.7. The molecular formula is C22H27NO4S. The van der Waals surface area contributed by atoms with Crippen molar-refractivity contribution in [3.05, 3.63) is 53.6 Å². The number of amides is 1. The van der Waals surface area contributed by atoms with Crippen molar-refractivity contribution in [1.82, 2.24) is 0 Å². The summed E-state index contributed by atoms with van der Waals surface area (Å²) in [5.41, 5.74) is 2.52. The lowest BCUT2D eigenvalue weighted by atomic mass is 9.99. The Morgan fingerprint density at radius 2 is 1.82 bits per heavy atom. The summed E-state index contributed by atoms with van der Waals surface area (Å²) in [6.45, 7) is 8.80. The summed E-state index contributed by atoms with van der Waals surface area (Å²) in [5, 5.41) is 2.96. The van der Waals surface area contributed by atoms with Gasteiger partial charge in [-0.25, -0.2) is 0 Å². The van der Waals surface area contributed by atoms with Gasteiger partial charge in [0, 0.05) is 27.0 Å². The fraction of sp³-hybridized carbons (Fsp3) is 0.409. The number of hydrogen-bond acceptors (Lipinski definition) is 4. The zero-order valence-corrected chi connectivity index (χ0v) is 17.6. The number of hydrogen-bond donors (Lipinski definition) is 1. The number of benzene rings is 2. The molecule has 5 nitrogen and oxygen atoms in total. The van der Waals surface area contributed by atoms with Gasteiger partial charge < -0.3 is 14.8 Å². The minimum Gasteiger partial charge on any atom is -0.486 e. The first-order valence-corrected chi connectivity index (χ1v) is 10.7. The second-order valence-corrected chi connectivity index (χ2v) is 10.1. The van der Waals surface area contributed by atoms with Crippen LogP contribution in [-0.4, -0.2) is 28.1 Å². The van der Waals surface area contributed by atoms with Gasteiger partial charge >= 0.3 is 0 Å². The molecule has 0 saturated heterocycles. The van der Waals surface area contributed by atoms with Crippen LogP contribution < -0.4 is 14.8 Å². The SMILES string of the molecule is CC(C(=O)Nc1cccc(CS(=O)C(C)(C)C)c1)c1ccc2c(c1)OCCO2. The van der Waals surface area contributed by atoms with Gasteiger partial charge in [0.05, 0.1) is 5.92 Å². The zero-order chi connectivity index (χ0) is 20.3. The van der Waals surface area contributed by atoms with E-state index in [4.69, 9.17) is 9.47 Å². The van der Waals surface area contributed by atoms with Gasteiger partial charge in [-0.1, -0.05) is 18.2 Å². The standard InChI is InChI=1S/C22H27NO4S/c1-15(17-8-9-19-20(13-17)27-11-10-26-19)21(24)23-18-7-5-6-16(12-18)14-28(25)22(2,3)4/h5-9,12-13,15H,10-11,14H2,1-4H3,(H,23,24). The summed E-state index contributed by atoms with van der Waals surface area (Å²) in [7, 11) is -0.988. The number of carbonyl (C=O) groups excluding carboxylic acids is 1. The van der Waals surface area contributed by atoms with Crippen molar-refractivity contribution in [2.75, 3.05) is 18.5 Å². The highest BCUT2D eigenvalue weighted by Crippen LogP contribution is 2.33. The van der Waals surface area contributed by atoms with E-state index in [0.717, 1.165) is 11.1 Å². The molecule has 0 radical (unpaired) electrons. The molecule has 1 aliphatic heterocycles. The third kappa shape index (κ3) is 4.93.